The van der Waals surface area contributed by atoms with Crippen LogP contribution >= 0.6 is 11.6 Å². The second-order valence-corrected chi connectivity index (χ2v) is 7.51. The Kier molecular flexibility index (Phi) is 6.57. The molecular weight excluding hydrogens is 429 g/mol. The molecule has 0 saturated carbocycles. The van der Waals surface area contributed by atoms with E-state index >= 15 is 0 Å². The lowest BCUT2D eigenvalue weighted by Gasteiger charge is -2.14. The van der Waals surface area contributed by atoms with E-state index in [0.717, 1.165) is 22.1 Å². The standard InChI is InChI=1S/C26H21ClFNO3/c1-2-31-24-13-10-18(26(30)29-20-11-12-23(28)22(27)15-20)14-19(24)16-32-25-9-5-7-17-6-3-4-8-21(17)25/h3-15H,2,16H2,1H3,(H,29,30). The van der Waals surface area contributed by atoms with Crippen molar-refractivity contribution < 1.29 is 18.7 Å². The lowest BCUT2D eigenvalue weighted by molar-refractivity contribution is 0.102. The van der Waals surface area contributed by atoms with E-state index in [2.05, 4.69) is 5.32 Å². The molecule has 0 saturated heterocycles. The number of anilines is 1. The molecule has 1 N–H and O–H groups in total. The van der Waals surface area contributed by atoms with Gasteiger partial charge in [-0.05, 0) is 54.8 Å². The number of rotatable bonds is 7. The smallest absolute Gasteiger partial charge is 0.255 e. The van der Waals surface area contributed by atoms with E-state index in [-0.39, 0.29) is 17.5 Å². The quantitative estimate of drug-likeness (QED) is 0.335. The molecule has 0 aromatic heterocycles. The van der Waals surface area contributed by atoms with E-state index in [4.69, 9.17) is 21.1 Å². The Morgan fingerprint density at radius 2 is 1.75 bits per heavy atom. The van der Waals surface area contributed by atoms with Crippen LogP contribution in [0.2, 0.25) is 5.02 Å². The molecule has 0 heterocycles. The molecule has 0 radical (unpaired) electrons. The zero-order valence-corrected chi connectivity index (χ0v) is 18.2. The summed E-state index contributed by atoms with van der Waals surface area (Å²) in [5.41, 5.74) is 1.57. The predicted molar refractivity (Wildman–Crippen MR) is 125 cm³/mol. The van der Waals surface area contributed by atoms with Crippen LogP contribution in [0.25, 0.3) is 10.8 Å². The van der Waals surface area contributed by atoms with Gasteiger partial charge in [0.2, 0.25) is 0 Å². The summed E-state index contributed by atoms with van der Waals surface area (Å²) in [6.07, 6.45) is 0. The maximum atomic E-state index is 13.4. The maximum absolute atomic E-state index is 13.4. The number of carbonyl (C=O) groups excluding carboxylic acids is 1. The fraction of sp³-hybridized carbons (Fsp3) is 0.115. The Hall–Kier alpha value is -3.57. The van der Waals surface area contributed by atoms with Crippen LogP contribution in [0.4, 0.5) is 10.1 Å². The first-order valence-corrected chi connectivity index (χ1v) is 10.6. The van der Waals surface area contributed by atoms with Crippen molar-refractivity contribution in [2.24, 2.45) is 0 Å². The third kappa shape index (κ3) is 4.84. The third-order valence-corrected chi connectivity index (χ3v) is 5.22. The summed E-state index contributed by atoms with van der Waals surface area (Å²) in [5.74, 6) is 0.510. The molecule has 0 bridgehead atoms. The zero-order chi connectivity index (χ0) is 22.5. The van der Waals surface area contributed by atoms with Crippen molar-refractivity contribution in [1.29, 1.82) is 0 Å². The molecule has 0 unspecified atom stereocenters. The van der Waals surface area contributed by atoms with Gasteiger partial charge in [0.25, 0.3) is 5.91 Å². The van der Waals surface area contributed by atoms with Gasteiger partial charge < -0.3 is 14.8 Å². The zero-order valence-electron chi connectivity index (χ0n) is 17.4. The molecule has 4 aromatic carbocycles. The SMILES string of the molecule is CCOc1ccc(C(=O)Nc2ccc(F)c(Cl)c2)cc1COc1cccc2ccccc12. The molecule has 0 spiro atoms. The van der Waals surface area contributed by atoms with Crippen LogP contribution in [0, 0.1) is 5.82 Å². The second-order valence-electron chi connectivity index (χ2n) is 7.10. The average molecular weight is 450 g/mol. The summed E-state index contributed by atoms with van der Waals surface area (Å²) in [6.45, 7) is 2.61. The van der Waals surface area contributed by atoms with Gasteiger partial charge in [-0.2, -0.15) is 0 Å². The molecule has 32 heavy (non-hydrogen) atoms. The lowest BCUT2D eigenvalue weighted by atomic mass is 10.1. The molecule has 0 aliphatic carbocycles. The van der Waals surface area contributed by atoms with Gasteiger partial charge in [-0.25, -0.2) is 4.39 Å². The number of ether oxygens (including phenoxy) is 2. The fourth-order valence-electron chi connectivity index (χ4n) is 3.38. The van der Waals surface area contributed by atoms with Crippen molar-refractivity contribution in [3.63, 3.8) is 0 Å². The summed E-state index contributed by atoms with van der Waals surface area (Å²) in [7, 11) is 0. The van der Waals surface area contributed by atoms with Crippen LogP contribution in [0.5, 0.6) is 11.5 Å². The highest BCUT2D eigenvalue weighted by molar-refractivity contribution is 6.31. The summed E-state index contributed by atoms with van der Waals surface area (Å²) >= 11 is 5.81. The van der Waals surface area contributed by atoms with Crippen LogP contribution < -0.4 is 14.8 Å². The number of amides is 1. The summed E-state index contributed by atoms with van der Waals surface area (Å²) < 4.78 is 25.2. The number of benzene rings is 4. The van der Waals surface area contributed by atoms with Gasteiger partial charge in [-0.1, -0.05) is 48.0 Å². The van der Waals surface area contributed by atoms with E-state index < -0.39 is 5.82 Å². The molecule has 6 heteroatoms. The largest absolute Gasteiger partial charge is 0.493 e. The Morgan fingerprint density at radius 1 is 0.938 bits per heavy atom. The Bertz CT molecular complexity index is 1270. The molecule has 0 atom stereocenters. The first-order valence-electron chi connectivity index (χ1n) is 10.2. The van der Waals surface area contributed by atoms with Crippen molar-refractivity contribution >= 4 is 34.0 Å². The van der Waals surface area contributed by atoms with Crippen molar-refractivity contribution in [3.05, 3.63) is 101 Å². The Morgan fingerprint density at radius 3 is 2.56 bits per heavy atom. The van der Waals surface area contributed by atoms with Gasteiger partial charge in [0.15, 0.2) is 0 Å². The molecular formula is C26H21ClFNO3. The normalized spacial score (nSPS) is 10.7. The first kappa shape index (κ1) is 21.7. The lowest BCUT2D eigenvalue weighted by Crippen LogP contribution is -2.13. The van der Waals surface area contributed by atoms with Gasteiger partial charge in [0.1, 0.15) is 23.9 Å². The van der Waals surface area contributed by atoms with Crippen LogP contribution in [0.1, 0.15) is 22.8 Å². The van der Waals surface area contributed by atoms with E-state index in [1.165, 1.54) is 18.2 Å². The highest BCUT2D eigenvalue weighted by Gasteiger charge is 2.13. The molecule has 162 valence electrons. The monoisotopic (exact) mass is 449 g/mol. The van der Waals surface area contributed by atoms with Gasteiger partial charge in [0, 0.05) is 22.2 Å². The van der Waals surface area contributed by atoms with Gasteiger partial charge in [0.05, 0.1) is 11.6 Å². The summed E-state index contributed by atoms with van der Waals surface area (Å²) in [5, 5.41) is 4.77. The molecule has 4 rings (SSSR count). The van der Waals surface area contributed by atoms with Crippen molar-refractivity contribution in [2.45, 2.75) is 13.5 Å². The van der Waals surface area contributed by atoms with Crippen molar-refractivity contribution in [1.82, 2.24) is 0 Å². The molecule has 4 nitrogen and oxygen atoms in total. The number of carbonyl (C=O) groups is 1. The van der Waals surface area contributed by atoms with E-state index in [0.29, 0.717) is 23.6 Å². The number of halogens is 2. The minimum atomic E-state index is -0.543. The van der Waals surface area contributed by atoms with Crippen LogP contribution in [0.3, 0.4) is 0 Å². The van der Waals surface area contributed by atoms with Crippen LogP contribution in [0.15, 0.2) is 78.9 Å². The van der Waals surface area contributed by atoms with E-state index in [1.807, 2.05) is 49.4 Å². The molecule has 0 fully saturated rings. The number of nitrogens with one attached hydrogen (secondary N) is 1. The van der Waals surface area contributed by atoms with Crippen molar-refractivity contribution in [2.75, 3.05) is 11.9 Å². The second kappa shape index (κ2) is 9.71. The molecule has 0 aliphatic rings. The Balaban J connectivity index is 1.57. The number of hydrogen-bond donors (Lipinski definition) is 1. The topological polar surface area (TPSA) is 47.6 Å². The number of fused-ring (bicyclic) bond motifs is 1. The number of hydrogen-bond acceptors (Lipinski definition) is 3. The van der Waals surface area contributed by atoms with Crippen LogP contribution in [-0.2, 0) is 6.61 Å². The van der Waals surface area contributed by atoms with E-state index in [1.54, 1.807) is 18.2 Å². The minimum Gasteiger partial charge on any atom is -0.493 e. The Labute approximate surface area is 190 Å². The predicted octanol–water partition coefficient (Wildman–Crippen LogP) is 6.86. The fourth-order valence-corrected chi connectivity index (χ4v) is 3.56. The third-order valence-electron chi connectivity index (χ3n) is 4.93. The minimum absolute atomic E-state index is 0.0568. The molecule has 4 aromatic rings. The molecule has 0 aliphatic heterocycles. The highest BCUT2D eigenvalue weighted by Crippen LogP contribution is 2.28. The van der Waals surface area contributed by atoms with Crippen molar-refractivity contribution in [3.8, 4) is 11.5 Å². The average Bonchev–Trinajstić information content (AvgIpc) is 2.81. The first-order chi connectivity index (χ1) is 15.5. The van der Waals surface area contributed by atoms with Gasteiger partial charge in [-0.15, -0.1) is 0 Å². The van der Waals surface area contributed by atoms with E-state index in [9.17, 15) is 9.18 Å². The van der Waals surface area contributed by atoms with Gasteiger partial charge in [-0.3, -0.25) is 4.79 Å². The van der Waals surface area contributed by atoms with Gasteiger partial charge >= 0.3 is 0 Å². The van der Waals surface area contributed by atoms with Crippen LogP contribution in [-0.4, -0.2) is 12.5 Å². The maximum Gasteiger partial charge on any atom is 0.255 e. The summed E-state index contributed by atoms with van der Waals surface area (Å²) in [6, 6.07) is 23.1. The highest BCUT2D eigenvalue weighted by atomic mass is 35.5. The molecule has 1 amide bonds. The summed E-state index contributed by atoms with van der Waals surface area (Å²) in [4.78, 5) is 12.8.